The summed E-state index contributed by atoms with van der Waals surface area (Å²) < 4.78 is 26.6. The second-order valence-electron chi connectivity index (χ2n) is 4.89. The molecule has 0 heterocycles. The number of hydrogen-bond donors (Lipinski definition) is 3. The van der Waals surface area contributed by atoms with Crippen LogP contribution in [0.2, 0.25) is 0 Å². The SMILES string of the molecule is O=C(Nc1c(F)cc(F)cc1Br)N[C@H]1CC[C@@H](C(=O)O)C1. The van der Waals surface area contributed by atoms with Gasteiger partial charge in [0.1, 0.15) is 5.82 Å². The lowest BCUT2D eigenvalue weighted by molar-refractivity contribution is -0.141. The van der Waals surface area contributed by atoms with Crippen molar-refractivity contribution >= 4 is 33.6 Å². The average molecular weight is 363 g/mol. The first-order valence-electron chi connectivity index (χ1n) is 6.31. The fourth-order valence-corrected chi connectivity index (χ4v) is 2.84. The largest absolute Gasteiger partial charge is 0.481 e. The van der Waals surface area contributed by atoms with Gasteiger partial charge in [0.25, 0.3) is 0 Å². The van der Waals surface area contributed by atoms with Gasteiger partial charge in [0.05, 0.1) is 11.6 Å². The number of amides is 2. The number of aliphatic carboxylic acids is 1. The third-order valence-corrected chi connectivity index (χ3v) is 3.99. The van der Waals surface area contributed by atoms with Gasteiger partial charge in [0, 0.05) is 16.6 Å². The summed E-state index contributed by atoms with van der Waals surface area (Å²) in [7, 11) is 0. The lowest BCUT2D eigenvalue weighted by atomic mass is 10.1. The van der Waals surface area contributed by atoms with E-state index >= 15 is 0 Å². The number of carbonyl (C=O) groups is 2. The van der Waals surface area contributed by atoms with E-state index in [-0.39, 0.29) is 16.2 Å². The smallest absolute Gasteiger partial charge is 0.319 e. The number of halogens is 3. The highest BCUT2D eigenvalue weighted by Gasteiger charge is 2.30. The zero-order valence-corrected chi connectivity index (χ0v) is 12.4. The summed E-state index contributed by atoms with van der Waals surface area (Å²) in [5.74, 6) is -3.01. The monoisotopic (exact) mass is 362 g/mol. The number of nitrogens with one attached hydrogen (secondary N) is 2. The molecular formula is C13H13BrF2N2O3. The molecule has 5 nitrogen and oxygen atoms in total. The maximum Gasteiger partial charge on any atom is 0.319 e. The minimum Gasteiger partial charge on any atom is -0.481 e. The van der Waals surface area contributed by atoms with Crippen molar-refractivity contribution in [2.45, 2.75) is 25.3 Å². The third-order valence-electron chi connectivity index (χ3n) is 3.36. The van der Waals surface area contributed by atoms with E-state index in [9.17, 15) is 18.4 Å². The molecule has 0 spiro atoms. The van der Waals surface area contributed by atoms with Crippen LogP contribution in [0.15, 0.2) is 16.6 Å². The van der Waals surface area contributed by atoms with Crippen LogP contribution in [-0.2, 0) is 4.79 Å². The maximum atomic E-state index is 13.6. The Balaban J connectivity index is 1.96. The van der Waals surface area contributed by atoms with Crippen LogP contribution in [0.4, 0.5) is 19.3 Å². The fraction of sp³-hybridized carbons (Fsp3) is 0.385. The van der Waals surface area contributed by atoms with Crippen LogP contribution >= 0.6 is 15.9 Å². The number of carboxylic acids is 1. The number of urea groups is 1. The molecule has 0 saturated heterocycles. The van der Waals surface area contributed by atoms with Gasteiger partial charge >= 0.3 is 12.0 Å². The third kappa shape index (κ3) is 3.90. The van der Waals surface area contributed by atoms with E-state index in [1.807, 2.05) is 0 Å². The average Bonchev–Trinajstić information content (AvgIpc) is 2.82. The van der Waals surface area contributed by atoms with Crippen LogP contribution in [0.5, 0.6) is 0 Å². The molecule has 0 unspecified atom stereocenters. The Morgan fingerprint density at radius 1 is 1.29 bits per heavy atom. The van der Waals surface area contributed by atoms with Crippen molar-refractivity contribution in [3.63, 3.8) is 0 Å². The Morgan fingerprint density at radius 3 is 2.57 bits per heavy atom. The zero-order chi connectivity index (χ0) is 15.6. The molecule has 0 bridgehead atoms. The van der Waals surface area contributed by atoms with Gasteiger partial charge in [-0.25, -0.2) is 13.6 Å². The predicted octanol–water partition coefficient (Wildman–Crippen LogP) is 3.10. The van der Waals surface area contributed by atoms with Crippen molar-refractivity contribution in [2.24, 2.45) is 5.92 Å². The Hall–Kier alpha value is -1.70. The van der Waals surface area contributed by atoms with Crippen LogP contribution in [0.1, 0.15) is 19.3 Å². The molecule has 1 fully saturated rings. The molecule has 1 saturated carbocycles. The summed E-state index contributed by atoms with van der Waals surface area (Å²) in [6, 6.07) is 0.774. The highest BCUT2D eigenvalue weighted by molar-refractivity contribution is 9.10. The molecule has 1 aliphatic carbocycles. The molecule has 2 amide bonds. The summed E-state index contributed by atoms with van der Waals surface area (Å²) in [4.78, 5) is 22.6. The van der Waals surface area contributed by atoms with E-state index in [0.717, 1.165) is 6.07 Å². The molecule has 0 radical (unpaired) electrons. The van der Waals surface area contributed by atoms with E-state index < -0.39 is 29.6 Å². The van der Waals surface area contributed by atoms with Crippen LogP contribution < -0.4 is 10.6 Å². The summed E-state index contributed by atoms with van der Waals surface area (Å²) in [6.07, 6.45) is 1.39. The topological polar surface area (TPSA) is 78.4 Å². The molecule has 1 aromatic rings. The van der Waals surface area contributed by atoms with Crippen LogP contribution in [-0.4, -0.2) is 23.1 Å². The Labute approximate surface area is 127 Å². The number of anilines is 1. The van der Waals surface area contributed by atoms with Crippen LogP contribution in [0, 0.1) is 17.6 Å². The minimum atomic E-state index is -0.896. The molecule has 2 rings (SSSR count). The minimum absolute atomic E-state index is 0.0879. The predicted molar refractivity (Wildman–Crippen MR) is 75.0 cm³/mol. The van der Waals surface area contributed by atoms with Gasteiger partial charge < -0.3 is 15.7 Å². The summed E-state index contributed by atoms with van der Waals surface area (Å²) in [6.45, 7) is 0. The Bertz CT molecular complexity index is 560. The molecule has 114 valence electrons. The zero-order valence-electron chi connectivity index (χ0n) is 10.8. The summed E-state index contributed by atoms with van der Waals surface area (Å²) >= 11 is 2.97. The number of benzene rings is 1. The molecule has 2 atom stereocenters. The number of carboxylic acid groups (broad SMARTS) is 1. The van der Waals surface area contributed by atoms with E-state index in [1.54, 1.807) is 0 Å². The summed E-state index contributed by atoms with van der Waals surface area (Å²) in [5, 5.41) is 13.8. The Kier molecular flexibility index (Phi) is 4.76. The first-order chi connectivity index (χ1) is 9.86. The molecule has 0 aromatic heterocycles. The van der Waals surface area contributed by atoms with Crippen molar-refractivity contribution in [1.29, 1.82) is 0 Å². The van der Waals surface area contributed by atoms with E-state index in [2.05, 4.69) is 26.6 Å². The number of hydrogen-bond acceptors (Lipinski definition) is 2. The number of carbonyl (C=O) groups excluding carboxylic acids is 1. The first-order valence-corrected chi connectivity index (χ1v) is 7.11. The van der Waals surface area contributed by atoms with Gasteiger partial charge in [-0.15, -0.1) is 0 Å². The first kappa shape index (κ1) is 15.7. The van der Waals surface area contributed by atoms with Gasteiger partial charge in [-0.3, -0.25) is 4.79 Å². The van der Waals surface area contributed by atoms with Gasteiger partial charge in [0.15, 0.2) is 5.82 Å². The van der Waals surface area contributed by atoms with Crippen molar-refractivity contribution in [2.75, 3.05) is 5.32 Å². The van der Waals surface area contributed by atoms with Crippen molar-refractivity contribution < 1.29 is 23.5 Å². The van der Waals surface area contributed by atoms with Gasteiger partial charge in [-0.2, -0.15) is 0 Å². The van der Waals surface area contributed by atoms with Crippen LogP contribution in [0.3, 0.4) is 0 Å². The van der Waals surface area contributed by atoms with E-state index in [4.69, 9.17) is 5.11 Å². The second kappa shape index (κ2) is 6.38. The molecule has 3 N–H and O–H groups in total. The molecule has 1 aliphatic rings. The normalized spacial score (nSPS) is 21.1. The molecule has 1 aromatic carbocycles. The van der Waals surface area contributed by atoms with Gasteiger partial charge in [0.2, 0.25) is 0 Å². The quantitative estimate of drug-likeness (QED) is 0.772. The standard InChI is InChI=1S/C13H13BrF2N2O3/c14-9-4-7(15)5-10(16)11(9)18-13(21)17-8-2-1-6(3-8)12(19)20/h4-6,8H,1-3H2,(H,19,20)(H2,17,18,21)/t6-,8+/m1/s1. The van der Waals surface area contributed by atoms with E-state index in [0.29, 0.717) is 25.3 Å². The second-order valence-corrected chi connectivity index (χ2v) is 5.74. The van der Waals surface area contributed by atoms with Crippen LogP contribution in [0.25, 0.3) is 0 Å². The molecular weight excluding hydrogens is 350 g/mol. The summed E-state index contributed by atoms with van der Waals surface area (Å²) in [5.41, 5.74) is -0.165. The fourth-order valence-electron chi connectivity index (χ4n) is 2.33. The highest BCUT2D eigenvalue weighted by atomic mass is 79.9. The lowest BCUT2D eigenvalue weighted by Gasteiger charge is -2.14. The molecule has 8 heteroatoms. The van der Waals surface area contributed by atoms with Gasteiger partial charge in [-0.1, -0.05) is 0 Å². The number of rotatable bonds is 3. The molecule has 21 heavy (non-hydrogen) atoms. The Morgan fingerprint density at radius 2 is 2.00 bits per heavy atom. The van der Waals surface area contributed by atoms with Crippen molar-refractivity contribution in [1.82, 2.24) is 5.32 Å². The van der Waals surface area contributed by atoms with E-state index in [1.165, 1.54) is 0 Å². The maximum absolute atomic E-state index is 13.6. The molecule has 0 aliphatic heterocycles. The van der Waals surface area contributed by atoms with Crippen molar-refractivity contribution in [3.8, 4) is 0 Å². The van der Waals surface area contributed by atoms with Gasteiger partial charge in [-0.05, 0) is 41.3 Å². The highest BCUT2D eigenvalue weighted by Crippen LogP contribution is 2.28. The lowest BCUT2D eigenvalue weighted by Crippen LogP contribution is -2.37. The van der Waals surface area contributed by atoms with Crippen molar-refractivity contribution in [3.05, 3.63) is 28.2 Å².